The molecule has 0 aliphatic carbocycles. The van der Waals surface area contributed by atoms with E-state index in [0.29, 0.717) is 36.3 Å². The number of nitrogens with zero attached hydrogens (tertiary/aromatic N) is 2. The van der Waals surface area contributed by atoms with Gasteiger partial charge in [0.05, 0.1) is 23.9 Å². The van der Waals surface area contributed by atoms with Crippen molar-refractivity contribution in [3.8, 4) is 5.75 Å². The van der Waals surface area contributed by atoms with Gasteiger partial charge in [0.25, 0.3) is 0 Å². The monoisotopic (exact) mass is 464 g/mol. The lowest BCUT2D eigenvalue weighted by molar-refractivity contribution is 0.138. The van der Waals surface area contributed by atoms with Gasteiger partial charge in [-0.1, -0.05) is 37.3 Å². The lowest BCUT2D eigenvalue weighted by Crippen LogP contribution is -2.32. The molecule has 0 saturated carbocycles. The van der Waals surface area contributed by atoms with Crippen molar-refractivity contribution in [2.45, 2.75) is 39.7 Å². The summed E-state index contributed by atoms with van der Waals surface area (Å²) >= 11 is 1.16. The molecule has 0 aromatic heterocycles. The minimum atomic E-state index is -3.20. The third-order valence-electron chi connectivity index (χ3n) is 4.89. The Labute approximate surface area is 188 Å². The van der Waals surface area contributed by atoms with Gasteiger partial charge in [0.2, 0.25) is 0 Å². The van der Waals surface area contributed by atoms with E-state index in [1.54, 1.807) is 17.1 Å². The second kappa shape index (κ2) is 9.55. The van der Waals surface area contributed by atoms with Crippen LogP contribution in [0.25, 0.3) is 0 Å². The van der Waals surface area contributed by atoms with Gasteiger partial charge in [-0.05, 0) is 50.9 Å². The Morgan fingerprint density at radius 2 is 1.90 bits per heavy atom. The Hall–Kier alpha value is -2.15. The van der Waals surface area contributed by atoms with Crippen LogP contribution in [0.1, 0.15) is 33.3 Å². The quantitative estimate of drug-likeness (QED) is 0.267. The van der Waals surface area contributed by atoms with E-state index in [2.05, 4.69) is 0 Å². The van der Waals surface area contributed by atoms with Crippen molar-refractivity contribution in [2.75, 3.05) is 27.6 Å². The normalized spacial score (nSPS) is 16.1. The molecule has 31 heavy (non-hydrogen) atoms. The number of anilines is 2. The highest BCUT2D eigenvalue weighted by atomic mass is 32.2. The summed E-state index contributed by atoms with van der Waals surface area (Å²) in [6.45, 7) is 7.86. The molecule has 1 N–H and O–H groups in total. The van der Waals surface area contributed by atoms with Crippen LogP contribution in [0.15, 0.2) is 48.5 Å². The highest BCUT2D eigenvalue weighted by molar-refractivity contribution is 8.07. The molecule has 0 fully saturated rings. The molecular weight excluding hydrogens is 435 g/mol. The summed E-state index contributed by atoms with van der Waals surface area (Å²) < 4.78 is 26.9. The van der Waals surface area contributed by atoms with Crippen molar-refractivity contribution < 1.29 is 23.7 Å². The molecule has 0 bridgehead atoms. The molecule has 2 aromatic carbocycles. The van der Waals surface area contributed by atoms with Gasteiger partial charge in [-0.2, -0.15) is 0 Å². The number of hydrogen-bond acceptors (Lipinski definition) is 5. The maximum absolute atomic E-state index is 13.6. The van der Waals surface area contributed by atoms with Crippen molar-refractivity contribution in [3.05, 3.63) is 54.1 Å². The standard InChI is InChI=1S/C22H29N2O5PS/c1-5-28-30(27,6-2)24(18-12-8-7-9-13-18)31-16-23(21(25)26)19-14-10-11-17-15-22(3,4)29-20(17)19/h7-14H,5-6,15-16H2,1-4H3,(H,25,26). The lowest BCUT2D eigenvalue weighted by atomic mass is 10.0. The van der Waals surface area contributed by atoms with Gasteiger partial charge < -0.3 is 14.4 Å². The van der Waals surface area contributed by atoms with E-state index in [0.717, 1.165) is 17.5 Å². The second-order valence-corrected chi connectivity index (χ2v) is 11.5. The fraction of sp³-hybridized carbons (Fsp3) is 0.409. The summed E-state index contributed by atoms with van der Waals surface area (Å²) in [6, 6.07) is 14.8. The van der Waals surface area contributed by atoms with E-state index in [-0.39, 0.29) is 5.88 Å². The number of para-hydroxylation sites is 2. The lowest BCUT2D eigenvalue weighted by Gasteiger charge is -2.32. The van der Waals surface area contributed by atoms with Gasteiger partial charge in [0.15, 0.2) is 0 Å². The molecule has 1 aliphatic heterocycles. The number of amides is 1. The average molecular weight is 465 g/mol. The number of hydrogen-bond donors (Lipinski definition) is 1. The number of carboxylic acid groups (broad SMARTS) is 1. The summed E-state index contributed by atoms with van der Waals surface area (Å²) in [6.07, 6.45) is -0.0965. The van der Waals surface area contributed by atoms with Crippen LogP contribution in [0, 0.1) is 0 Å². The predicted molar refractivity (Wildman–Crippen MR) is 127 cm³/mol. The zero-order valence-corrected chi connectivity index (χ0v) is 20.0. The molecule has 0 spiro atoms. The molecule has 1 unspecified atom stereocenters. The van der Waals surface area contributed by atoms with Crippen LogP contribution in [0.2, 0.25) is 0 Å². The molecule has 2 aromatic rings. The van der Waals surface area contributed by atoms with Gasteiger partial charge in [-0.3, -0.25) is 9.46 Å². The fourth-order valence-electron chi connectivity index (χ4n) is 3.52. The zero-order chi connectivity index (χ0) is 22.6. The van der Waals surface area contributed by atoms with Crippen molar-refractivity contribution in [2.24, 2.45) is 0 Å². The first-order valence-corrected chi connectivity index (χ1v) is 12.9. The number of ether oxygens (including phenoxy) is 1. The van der Waals surface area contributed by atoms with Crippen LogP contribution < -0.4 is 13.7 Å². The van der Waals surface area contributed by atoms with Crippen LogP contribution in [-0.4, -0.2) is 35.4 Å². The van der Waals surface area contributed by atoms with Gasteiger partial charge >= 0.3 is 13.6 Å². The number of benzene rings is 2. The highest BCUT2D eigenvalue weighted by Gasteiger charge is 2.36. The van der Waals surface area contributed by atoms with E-state index >= 15 is 0 Å². The second-order valence-electron chi connectivity index (χ2n) is 7.75. The molecule has 9 heteroatoms. The zero-order valence-electron chi connectivity index (χ0n) is 18.3. The number of carbonyl (C=O) groups is 1. The van der Waals surface area contributed by atoms with Crippen LogP contribution in [0.4, 0.5) is 16.2 Å². The Balaban J connectivity index is 1.92. The van der Waals surface area contributed by atoms with Crippen molar-refractivity contribution in [3.63, 3.8) is 0 Å². The van der Waals surface area contributed by atoms with E-state index < -0.39 is 19.2 Å². The minimum Gasteiger partial charge on any atom is -0.485 e. The molecule has 0 saturated heterocycles. The summed E-state index contributed by atoms with van der Waals surface area (Å²) in [7, 11) is -3.20. The molecule has 1 aliphatic rings. The van der Waals surface area contributed by atoms with Gasteiger partial charge in [0, 0.05) is 18.1 Å². The number of rotatable bonds is 9. The van der Waals surface area contributed by atoms with Gasteiger partial charge in [-0.25, -0.2) is 8.87 Å². The molecular formula is C22H29N2O5PS. The van der Waals surface area contributed by atoms with Crippen LogP contribution in [0.5, 0.6) is 5.75 Å². The Kier molecular flexibility index (Phi) is 7.24. The van der Waals surface area contributed by atoms with Crippen LogP contribution in [0.3, 0.4) is 0 Å². The average Bonchev–Trinajstić information content (AvgIpc) is 3.06. The third-order valence-corrected chi connectivity index (χ3v) is 9.05. The van der Waals surface area contributed by atoms with Crippen molar-refractivity contribution in [1.82, 2.24) is 0 Å². The first-order chi connectivity index (χ1) is 14.7. The fourth-order valence-corrected chi connectivity index (χ4v) is 7.04. The van der Waals surface area contributed by atoms with Gasteiger partial charge in [0.1, 0.15) is 11.4 Å². The molecule has 1 atom stereocenters. The smallest absolute Gasteiger partial charge is 0.412 e. The molecule has 3 rings (SSSR count). The molecule has 0 radical (unpaired) electrons. The summed E-state index contributed by atoms with van der Waals surface area (Å²) in [5.41, 5.74) is 1.77. The van der Waals surface area contributed by atoms with E-state index in [1.165, 1.54) is 4.90 Å². The summed E-state index contributed by atoms with van der Waals surface area (Å²) in [4.78, 5) is 13.4. The Morgan fingerprint density at radius 3 is 2.52 bits per heavy atom. The SMILES string of the molecule is CCOP(=O)(CC)N(SCN(C(=O)O)c1cccc2c1OC(C)(C)C2)c1ccccc1. The van der Waals surface area contributed by atoms with E-state index in [4.69, 9.17) is 9.26 Å². The molecule has 1 heterocycles. The highest BCUT2D eigenvalue weighted by Crippen LogP contribution is 2.56. The topological polar surface area (TPSA) is 79.3 Å². The molecule has 7 nitrogen and oxygen atoms in total. The Morgan fingerprint density at radius 1 is 1.19 bits per heavy atom. The minimum absolute atomic E-state index is 0.0293. The van der Waals surface area contributed by atoms with E-state index in [1.807, 2.05) is 63.2 Å². The number of fused-ring (bicyclic) bond motifs is 1. The van der Waals surface area contributed by atoms with Crippen molar-refractivity contribution in [1.29, 1.82) is 0 Å². The van der Waals surface area contributed by atoms with Crippen LogP contribution >= 0.6 is 19.5 Å². The van der Waals surface area contributed by atoms with Crippen molar-refractivity contribution >= 4 is 36.9 Å². The summed E-state index contributed by atoms with van der Waals surface area (Å²) in [5, 5.41) is 9.97. The first kappa shape index (κ1) is 23.5. The summed E-state index contributed by atoms with van der Waals surface area (Å²) in [5.74, 6) is 0.617. The van der Waals surface area contributed by atoms with Gasteiger partial charge in [-0.15, -0.1) is 0 Å². The Bertz CT molecular complexity index is 970. The maximum Gasteiger partial charge on any atom is 0.412 e. The maximum atomic E-state index is 13.6. The largest absolute Gasteiger partial charge is 0.485 e. The third kappa shape index (κ3) is 5.20. The first-order valence-electron chi connectivity index (χ1n) is 10.2. The molecule has 1 amide bonds. The molecule has 168 valence electrons. The van der Waals surface area contributed by atoms with E-state index in [9.17, 15) is 14.5 Å². The predicted octanol–water partition coefficient (Wildman–Crippen LogP) is 6.25. The van der Waals surface area contributed by atoms with Crippen LogP contribution in [-0.2, 0) is 15.5 Å².